The number of hydrogen-bond acceptors (Lipinski definition) is 4. The molecule has 2 aromatic carbocycles. The SMILES string of the molecule is C[C@@H](NC(=O)C1C=CC(NC(=O)OCC2c3ccccc3-c3ccccc32)C1)C(=O)O. The first kappa shape index (κ1) is 20.7. The van der Waals surface area contributed by atoms with Gasteiger partial charge in [0.15, 0.2) is 0 Å². The lowest BCUT2D eigenvalue weighted by molar-refractivity contribution is -0.141. The summed E-state index contributed by atoms with van der Waals surface area (Å²) < 4.78 is 5.53. The molecule has 7 nitrogen and oxygen atoms in total. The average Bonchev–Trinajstić information content (AvgIpc) is 3.35. The van der Waals surface area contributed by atoms with Crippen LogP contribution in [0.1, 0.15) is 30.4 Å². The first-order chi connectivity index (χ1) is 14.9. The zero-order valence-electron chi connectivity index (χ0n) is 17.1. The Balaban J connectivity index is 1.31. The quantitative estimate of drug-likeness (QED) is 0.623. The van der Waals surface area contributed by atoms with Crippen molar-refractivity contribution in [1.29, 1.82) is 0 Å². The summed E-state index contributed by atoms with van der Waals surface area (Å²) in [6.45, 7) is 1.63. The van der Waals surface area contributed by atoms with Crippen LogP contribution in [-0.4, -0.2) is 41.8 Å². The summed E-state index contributed by atoms with van der Waals surface area (Å²) in [5.74, 6) is -1.97. The smallest absolute Gasteiger partial charge is 0.407 e. The molecule has 2 aromatic rings. The molecule has 0 fully saturated rings. The van der Waals surface area contributed by atoms with Crippen LogP contribution < -0.4 is 10.6 Å². The highest BCUT2D eigenvalue weighted by molar-refractivity contribution is 5.86. The van der Waals surface area contributed by atoms with E-state index in [1.54, 1.807) is 12.2 Å². The Hall–Kier alpha value is -3.61. The summed E-state index contributed by atoms with van der Waals surface area (Å²) in [5.41, 5.74) is 4.61. The van der Waals surface area contributed by atoms with Gasteiger partial charge in [-0.2, -0.15) is 0 Å². The number of benzene rings is 2. The second-order valence-corrected chi connectivity index (χ2v) is 7.87. The highest BCUT2D eigenvalue weighted by Gasteiger charge is 2.30. The summed E-state index contributed by atoms with van der Waals surface area (Å²) in [4.78, 5) is 35.4. The van der Waals surface area contributed by atoms with Crippen LogP contribution in [0.15, 0.2) is 60.7 Å². The normalized spacial score (nSPS) is 19.9. The van der Waals surface area contributed by atoms with E-state index in [9.17, 15) is 14.4 Å². The molecule has 2 aliphatic carbocycles. The van der Waals surface area contributed by atoms with E-state index in [0.717, 1.165) is 22.3 Å². The van der Waals surface area contributed by atoms with Crippen LogP contribution in [0.3, 0.4) is 0 Å². The van der Waals surface area contributed by atoms with Crippen LogP contribution in [0.4, 0.5) is 4.79 Å². The summed E-state index contributed by atoms with van der Waals surface area (Å²) in [6.07, 6.45) is 3.23. The number of ether oxygens (including phenoxy) is 1. The number of rotatable bonds is 6. The molecule has 2 amide bonds. The van der Waals surface area contributed by atoms with E-state index in [4.69, 9.17) is 9.84 Å². The number of alkyl carbamates (subject to hydrolysis) is 1. The van der Waals surface area contributed by atoms with Crippen molar-refractivity contribution in [3.05, 3.63) is 71.8 Å². The Morgan fingerprint density at radius 1 is 1.03 bits per heavy atom. The van der Waals surface area contributed by atoms with Gasteiger partial charge in [0.2, 0.25) is 5.91 Å². The maximum absolute atomic E-state index is 12.4. The highest BCUT2D eigenvalue weighted by atomic mass is 16.5. The van der Waals surface area contributed by atoms with Crippen molar-refractivity contribution in [2.75, 3.05) is 6.61 Å². The third-order valence-corrected chi connectivity index (χ3v) is 5.80. The topological polar surface area (TPSA) is 105 Å². The van der Waals surface area contributed by atoms with Gasteiger partial charge in [0.1, 0.15) is 12.6 Å². The number of carboxylic acids is 1. The predicted octanol–water partition coefficient (Wildman–Crippen LogP) is 3.06. The molecule has 0 saturated carbocycles. The summed E-state index contributed by atoms with van der Waals surface area (Å²) in [7, 11) is 0. The average molecular weight is 420 g/mol. The Bertz CT molecular complexity index is 1000. The third-order valence-electron chi connectivity index (χ3n) is 5.80. The maximum Gasteiger partial charge on any atom is 0.407 e. The zero-order chi connectivity index (χ0) is 22.0. The number of carbonyl (C=O) groups is 3. The standard InChI is InChI=1S/C24H24N2O5/c1-14(23(28)29)25-22(27)15-10-11-16(12-15)26-24(30)31-13-21-19-8-4-2-6-17(19)18-7-3-5-9-20(18)21/h2-11,14-16,21H,12-13H2,1H3,(H,25,27)(H,26,30)(H,28,29)/t14-,15?,16?/m1/s1. The van der Waals surface area contributed by atoms with E-state index < -0.39 is 24.0 Å². The minimum Gasteiger partial charge on any atom is -0.480 e. The van der Waals surface area contributed by atoms with E-state index in [0.29, 0.717) is 6.42 Å². The van der Waals surface area contributed by atoms with Gasteiger partial charge in [0.05, 0.1) is 12.0 Å². The van der Waals surface area contributed by atoms with Crippen LogP contribution in [0.25, 0.3) is 11.1 Å². The van der Waals surface area contributed by atoms with Gasteiger partial charge in [-0.15, -0.1) is 0 Å². The molecule has 0 bridgehead atoms. The van der Waals surface area contributed by atoms with Crippen LogP contribution in [0.5, 0.6) is 0 Å². The van der Waals surface area contributed by atoms with Crippen molar-refractivity contribution in [3.63, 3.8) is 0 Å². The highest BCUT2D eigenvalue weighted by Crippen LogP contribution is 2.44. The fraction of sp³-hybridized carbons (Fsp3) is 0.292. The number of amides is 2. The molecule has 3 N–H and O–H groups in total. The third kappa shape index (κ3) is 4.30. The lowest BCUT2D eigenvalue weighted by Gasteiger charge is -2.17. The van der Waals surface area contributed by atoms with Gasteiger partial charge in [-0.05, 0) is 35.6 Å². The first-order valence-electron chi connectivity index (χ1n) is 10.3. The fourth-order valence-electron chi connectivity index (χ4n) is 4.17. The maximum atomic E-state index is 12.4. The first-order valence-corrected chi connectivity index (χ1v) is 10.3. The van der Waals surface area contributed by atoms with E-state index in [-0.39, 0.29) is 24.5 Å². The van der Waals surface area contributed by atoms with E-state index >= 15 is 0 Å². The number of fused-ring (bicyclic) bond motifs is 3. The molecule has 31 heavy (non-hydrogen) atoms. The Morgan fingerprint density at radius 3 is 2.26 bits per heavy atom. The van der Waals surface area contributed by atoms with Crippen molar-refractivity contribution in [1.82, 2.24) is 10.6 Å². The summed E-state index contributed by atoms with van der Waals surface area (Å²) >= 11 is 0. The molecule has 4 rings (SSSR count). The molecule has 7 heteroatoms. The fourth-order valence-corrected chi connectivity index (χ4v) is 4.17. The summed E-state index contributed by atoms with van der Waals surface area (Å²) in [6, 6.07) is 14.9. The van der Waals surface area contributed by atoms with E-state index in [1.807, 2.05) is 24.3 Å². The molecule has 2 aliphatic rings. The molecular formula is C24H24N2O5. The van der Waals surface area contributed by atoms with Gasteiger partial charge < -0.3 is 20.5 Å². The van der Waals surface area contributed by atoms with Crippen molar-refractivity contribution in [3.8, 4) is 11.1 Å². The lowest BCUT2D eigenvalue weighted by Crippen LogP contribution is -2.42. The minimum atomic E-state index is -1.09. The van der Waals surface area contributed by atoms with Gasteiger partial charge in [-0.1, -0.05) is 60.7 Å². The number of aliphatic carboxylic acids is 1. The monoisotopic (exact) mass is 420 g/mol. The van der Waals surface area contributed by atoms with Gasteiger partial charge in [-0.3, -0.25) is 9.59 Å². The molecule has 0 aromatic heterocycles. The van der Waals surface area contributed by atoms with Crippen molar-refractivity contribution in [2.45, 2.75) is 31.3 Å². The zero-order valence-corrected chi connectivity index (χ0v) is 17.1. The molecule has 0 saturated heterocycles. The van der Waals surface area contributed by atoms with E-state index in [2.05, 4.69) is 34.9 Å². The van der Waals surface area contributed by atoms with Crippen LogP contribution >= 0.6 is 0 Å². The van der Waals surface area contributed by atoms with Crippen LogP contribution in [0, 0.1) is 5.92 Å². The Morgan fingerprint density at radius 2 is 1.65 bits per heavy atom. The number of nitrogens with one attached hydrogen (secondary N) is 2. The number of carboxylic acid groups (broad SMARTS) is 1. The van der Waals surface area contributed by atoms with Gasteiger partial charge >= 0.3 is 12.1 Å². The molecule has 0 heterocycles. The molecule has 0 aliphatic heterocycles. The second kappa shape index (κ2) is 8.63. The minimum absolute atomic E-state index is 0.0201. The van der Waals surface area contributed by atoms with Gasteiger partial charge in [0.25, 0.3) is 0 Å². The Kier molecular flexibility index (Phi) is 5.75. The van der Waals surface area contributed by atoms with Crippen molar-refractivity contribution >= 4 is 18.0 Å². The van der Waals surface area contributed by atoms with Gasteiger partial charge in [-0.25, -0.2) is 4.79 Å². The van der Waals surface area contributed by atoms with Gasteiger partial charge in [0, 0.05) is 5.92 Å². The molecule has 160 valence electrons. The van der Waals surface area contributed by atoms with Crippen molar-refractivity contribution < 1.29 is 24.2 Å². The molecule has 0 radical (unpaired) electrons. The molecule has 0 spiro atoms. The van der Waals surface area contributed by atoms with E-state index in [1.165, 1.54) is 6.92 Å². The molecular weight excluding hydrogens is 396 g/mol. The van der Waals surface area contributed by atoms with Crippen LogP contribution in [0.2, 0.25) is 0 Å². The Labute approximate surface area is 180 Å². The molecule has 2 unspecified atom stereocenters. The predicted molar refractivity (Wildman–Crippen MR) is 114 cm³/mol. The number of carbonyl (C=O) groups excluding carboxylic acids is 2. The lowest BCUT2D eigenvalue weighted by atomic mass is 9.98. The largest absolute Gasteiger partial charge is 0.480 e. The summed E-state index contributed by atoms with van der Waals surface area (Å²) in [5, 5.41) is 14.1. The van der Waals surface area contributed by atoms with Crippen LogP contribution in [-0.2, 0) is 14.3 Å². The second-order valence-electron chi connectivity index (χ2n) is 7.87. The van der Waals surface area contributed by atoms with Crippen molar-refractivity contribution in [2.24, 2.45) is 5.92 Å². The molecule has 3 atom stereocenters. The number of hydrogen-bond donors (Lipinski definition) is 3.